The summed E-state index contributed by atoms with van der Waals surface area (Å²) < 4.78 is 27.5. The van der Waals surface area contributed by atoms with E-state index in [-0.39, 0.29) is 0 Å². The molecule has 0 saturated heterocycles. The van der Waals surface area contributed by atoms with Crippen molar-refractivity contribution in [3.8, 4) is 5.82 Å². The maximum absolute atomic E-state index is 11.5. The predicted octanol–water partition coefficient (Wildman–Crippen LogP) is 3.96. The van der Waals surface area contributed by atoms with Gasteiger partial charge < -0.3 is 0 Å². The Labute approximate surface area is 163 Å². The SMILES string of the molecule is CS(=O)(=O)Nc1ccc2c(c1)nc(C=Cc1ccccc1)n2-c1ccccn1. The molecular formula is C21H18N4O2S. The fraction of sp³-hybridized carbons (Fsp3) is 0.0476. The van der Waals surface area contributed by atoms with Gasteiger partial charge in [-0.2, -0.15) is 0 Å². The fourth-order valence-corrected chi connectivity index (χ4v) is 3.51. The van der Waals surface area contributed by atoms with Crippen LogP contribution in [0.2, 0.25) is 0 Å². The minimum atomic E-state index is -3.36. The summed E-state index contributed by atoms with van der Waals surface area (Å²) in [4.78, 5) is 9.14. The van der Waals surface area contributed by atoms with Crippen molar-refractivity contribution >= 4 is 38.9 Å². The first-order valence-corrected chi connectivity index (χ1v) is 10.5. The molecule has 2 heterocycles. The van der Waals surface area contributed by atoms with Gasteiger partial charge >= 0.3 is 0 Å². The molecule has 0 unspecified atom stereocenters. The predicted molar refractivity (Wildman–Crippen MR) is 113 cm³/mol. The zero-order chi connectivity index (χ0) is 19.6. The molecular weight excluding hydrogens is 372 g/mol. The molecule has 2 aromatic carbocycles. The number of nitrogens with zero attached hydrogens (tertiary/aromatic N) is 3. The highest BCUT2D eigenvalue weighted by molar-refractivity contribution is 7.92. The fourth-order valence-electron chi connectivity index (χ4n) is 2.95. The van der Waals surface area contributed by atoms with E-state index in [9.17, 15) is 8.42 Å². The molecule has 0 radical (unpaired) electrons. The highest BCUT2D eigenvalue weighted by Crippen LogP contribution is 2.25. The molecule has 0 aliphatic carbocycles. The van der Waals surface area contributed by atoms with Crippen molar-refractivity contribution in [3.63, 3.8) is 0 Å². The van der Waals surface area contributed by atoms with Crippen LogP contribution in [0.1, 0.15) is 11.4 Å². The van der Waals surface area contributed by atoms with Gasteiger partial charge in [-0.15, -0.1) is 0 Å². The topological polar surface area (TPSA) is 76.9 Å². The Hall–Kier alpha value is -3.45. The Morgan fingerprint density at radius 3 is 2.46 bits per heavy atom. The Kier molecular flexibility index (Phi) is 4.67. The third kappa shape index (κ3) is 3.94. The van der Waals surface area contributed by atoms with Crippen LogP contribution in [0, 0.1) is 0 Å². The lowest BCUT2D eigenvalue weighted by atomic mass is 10.2. The van der Waals surface area contributed by atoms with Crippen LogP contribution < -0.4 is 4.72 Å². The van der Waals surface area contributed by atoms with Crippen LogP contribution in [-0.2, 0) is 10.0 Å². The Morgan fingerprint density at radius 2 is 1.75 bits per heavy atom. The number of pyridine rings is 1. The highest BCUT2D eigenvalue weighted by atomic mass is 32.2. The highest BCUT2D eigenvalue weighted by Gasteiger charge is 2.13. The summed E-state index contributed by atoms with van der Waals surface area (Å²) in [6.45, 7) is 0. The van der Waals surface area contributed by atoms with Gasteiger partial charge in [0, 0.05) is 6.20 Å². The third-order valence-corrected chi connectivity index (χ3v) is 4.69. The van der Waals surface area contributed by atoms with E-state index in [1.54, 1.807) is 18.3 Å². The number of nitrogens with one attached hydrogen (secondary N) is 1. The van der Waals surface area contributed by atoms with Gasteiger partial charge in [0.15, 0.2) is 0 Å². The van der Waals surface area contributed by atoms with E-state index in [1.807, 2.05) is 71.3 Å². The quantitative estimate of drug-likeness (QED) is 0.559. The maximum Gasteiger partial charge on any atom is 0.229 e. The summed E-state index contributed by atoms with van der Waals surface area (Å²) in [5.41, 5.74) is 3.04. The number of sulfonamides is 1. The minimum Gasteiger partial charge on any atom is -0.284 e. The van der Waals surface area contributed by atoms with Crippen LogP contribution in [0.25, 0.3) is 29.0 Å². The van der Waals surface area contributed by atoms with E-state index in [4.69, 9.17) is 4.98 Å². The summed E-state index contributed by atoms with van der Waals surface area (Å²) >= 11 is 0. The first-order chi connectivity index (χ1) is 13.5. The second-order valence-corrected chi connectivity index (χ2v) is 8.06. The third-order valence-electron chi connectivity index (χ3n) is 4.09. The van der Waals surface area contributed by atoms with Crippen molar-refractivity contribution in [2.45, 2.75) is 0 Å². The normalized spacial score (nSPS) is 11.9. The average molecular weight is 390 g/mol. The smallest absolute Gasteiger partial charge is 0.229 e. The van der Waals surface area contributed by atoms with Gasteiger partial charge in [-0.05, 0) is 42.0 Å². The summed E-state index contributed by atoms with van der Waals surface area (Å²) in [5.74, 6) is 1.44. The van der Waals surface area contributed by atoms with Gasteiger partial charge in [0.2, 0.25) is 10.0 Å². The van der Waals surface area contributed by atoms with E-state index in [0.29, 0.717) is 17.0 Å². The first kappa shape index (κ1) is 17.9. The number of fused-ring (bicyclic) bond motifs is 1. The van der Waals surface area contributed by atoms with Crippen LogP contribution in [0.4, 0.5) is 5.69 Å². The second kappa shape index (κ2) is 7.28. The van der Waals surface area contributed by atoms with Crippen molar-refractivity contribution in [2.24, 2.45) is 0 Å². The molecule has 0 atom stereocenters. The largest absolute Gasteiger partial charge is 0.284 e. The number of hydrogen-bond donors (Lipinski definition) is 1. The Balaban J connectivity index is 1.85. The van der Waals surface area contributed by atoms with Gasteiger partial charge in [0.1, 0.15) is 11.6 Å². The zero-order valence-corrected chi connectivity index (χ0v) is 16.0. The van der Waals surface area contributed by atoms with E-state index < -0.39 is 10.0 Å². The van der Waals surface area contributed by atoms with Gasteiger partial charge in [-0.3, -0.25) is 9.29 Å². The van der Waals surface area contributed by atoms with Crippen LogP contribution in [-0.4, -0.2) is 29.2 Å². The summed E-state index contributed by atoms with van der Waals surface area (Å²) in [6, 6.07) is 20.9. The summed E-state index contributed by atoms with van der Waals surface area (Å²) in [7, 11) is -3.36. The number of aromatic nitrogens is 3. The van der Waals surface area contributed by atoms with Crippen molar-refractivity contribution < 1.29 is 8.42 Å². The van der Waals surface area contributed by atoms with Crippen LogP contribution in [0.5, 0.6) is 0 Å². The molecule has 4 aromatic rings. The van der Waals surface area contributed by atoms with E-state index in [0.717, 1.165) is 23.2 Å². The summed E-state index contributed by atoms with van der Waals surface area (Å²) in [6.07, 6.45) is 6.76. The van der Waals surface area contributed by atoms with Crippen molar-refractivity contribution in [3.05, 3.63) is 84.3 Å². The van der Waals surface area contributed by atoms with Gasteiger partial charge in [0.25, 0.3) is 0 Å². The standard InChI is InChI=1S/C21H18N4O2S/c1-28(26,27)24-17-11-12-19-18(15-17)23-21(13-10-16-7-3-2-4-8-16)25(19)20-9-5-6-14-22-20/h2-15,24H,1H3. The number of rotatable bonds is 5. The lowest BCUT2D eigenvalue weighted by Gasteiger charge is -2.07. The van der Waals surface area contributed by atoms with Crippen LogP contribution in [0.3, 0.4) is 0 Å². The van der Waals surface area contributed by atoms with Crippen molar-refractivity contribution in [2.75, 3.05) is 11.0 Å². The lowest BCUT2D eigenvalue weighted by Crippen LogP contribution is -2.09. The zero-order valence-electron chi connectivity index (χ0n) is 15.1. The number of anilines is 1. The Bertz CT molecular complexity index is 1250. The first-order valence-electron chi connectivity index (χ1n) is 8.64. The lowest BCUT2D eigenvalue weighted by molar-refractivity contribution is 0.607. The molecule has 4 rings (SSSR count). The molecule has 0 aliphatic heterocycles. The average Bonchev–Trinajstić information content (AvgIpc) is 3.04. The minimum absolute atomic E-state index is 0.472. The molecule has 28 heavy (non-hydrogen) atoms. The molecule has 0 fully saturated rings. The molecule has 0 saturated carbocycles. The van der Waals surface area contributed by atoms with Crippen molar-refractivity contribution in [1.29, 1.82) is 0 Å². The summed E-state index contributed by atoms with van der Waals surface area (Å²) in [5, 5.41) is 0. The van der Waals surface area contributed by atoms with Gasteiger partial charge in [-0.25, -0.2) is 18.4 Å². The van der Waals surface area contributed by atoms with E-state index in [2.05, 4.69) is 9.71 Å². The van der Waals surface area contributed by atoms with E-state index >= 15 is 0 Å². The second-order valence-electron chi connectivity index (χ2n) is 6.32. The molecule has 0 bridgehead atoms. The monoisotopic (exact) mass is 390 g/mol. The maximum atomic E-state index is 11.5. The van der Waals surface area contributed by atoms with Crippen molar-refractivity contribution in [1.82, 2.24) is 14.5 Å². The van der Waals surface area contributed by atoms with Gasteiger partial charge in [0.05, 0.1) is 23.0 Å². The molecule has 2 aromatic heterocycles. The molecule has 1 N–H and O–H groups in total. The molecule has 140 valence electrons. The van der Waals surface area contributed by atoms with Crippen LogP contribution >= 0.6 is 0 Å². The molecule has 7 heteroatoms. The Morgan fingerprint density at radius 1 is 0.964 bits per heavy atom. The molecule has 0 aliphatic rings. The molecule has 0 amide bonds. The number of hydrogen-bond acceptors (Lipinski definition) is 4. The molecule has 6 nitrogen and oxygen atoms in total. The molecule has 0 spiro atoms. The van der Waals surface area contributed by atoms with Gasteiger partial charge in [-0.1, -0.05) is 42.5 Å². The van der Waals surface area contributed by atoms with E-state index in [1.165, 1.54) is 0 Å². The van der Waals surface area contributed by atoms with Crippen LogP contribution in [0.15, 0.2) is 72.9 Å². The number of imidazole rings is 1. The number of benzene rings is 2.